The first-order chi connectivity index (χ1) is 6.00. The average Bonchev–Trinajstić information content (AvgIpc) is 1.98. The van der Waals surface area contributed by atoms with Crippen molar-refractivity contribution in [2.75, 3.05) is 26.1 Å². The van der Waals surface area contributed by atoms with E-state index in [1.807, 2.05) is 0 Å². The van der Waals surface area contributed by atoms with Gasteiger partial charge in [-0.3, -0.25) is 13.9 Å². The topological polar surface area (TPSA) is 60.9 Å². The highest BCUT2D eigenvalue weighted by molar-refractivity contribution is 8.13. The molecule has 1 heterocycles. The van der Waals surface area contributed by atoms with Crippen molar-refractivity contribution in [3.05, 3.63) is 0 Å². The van der Waals surface area contributed by atoms with Gasteiger partial charge >= 0.3 is 5.97 Å². The number of thiocarbonyl (C=S) groups is 1. The van der Waals surface area contributed by atoms with Gasteiger partial charge in [-0.2, -0.15) is 0 Å². The first kappa shape index (κ1) is 10.6. The third-order valence-electron chi connectivity index (χ3n) is 1.58. The maximum Gasteiger partial charge on any atom is 0.317 e. The number of aliphatic carboxylic acids is 1. The minimum absolute atomic E-state index is 0.0985. The fraction of sp³-hybridized carbons (Fsp3) is 0.667. The van der Waals surface area contributed by atoms with Crippen molar-refractivity contribution in [2.45, 2.75) is 0 Å². The molecule has 74 valence electrons. The Kier molecular flexibility index (Phi) is 3.34. The highest BCUT2D eigenvalue weighted by Crippen LogP contribution is 2.06. The van der Waals surface area contributed by atoms with Crippen molar-refractivity contribution in [1.29, 1.82) is 0 Å². The largest absolute Gasteiger partial charge is 0.480 e. The van der Waals surface area contributed by atoms with Crippen LogP contribution in [-0.4, -0.2) is 55.5 Å². The molecule has 7 heteroatoms. The van der Waals surface area contributed by atoms with Gasteiger partial charge in [0.2, 0.25) is 0 Å². The van der Waals surface area contributed by atoms with Crippen LogP contribution < -0.4 is 0 Å². The summed E-state index contributed by atoms with van der Waals surface area (Å²) in [6, 6.07) is 0. The Hall–Kier alpha value is -0.530. The van der Waals surface area contributed by atoms with Crippen LogP contribution in [0.4, 0.5) is 0 Å². The molecule has 0 spiro atoms. The molecule has 1 fully saturated rings. The van der Waals surface area contributed by atoms with E-state index in [0.29, 0.717) is 11.0 Å². The summed E-state index contributed by atoms with van der Waals surface area (Å²) in [5.74, 6) is -0.701. The number of hydrogen-bond acceptors (Lipinski definition) is 4. The van der Waals surface area contributed by atoms with Gasteiger partial charge in [-0.05, 0) is 12.2 Å². The van der Waals surface area contributed by atoms with Gasteiger partial charge in [0.1, 0.15) is 0 Å². The van der Waals surface area contributed by atoms with E-state index >= 15 is 0 Å². The number of carboxylic acids is 1. The van der Waals surface area contributed by atoms with Gasteiger partial charge < -0.3 is 10.0 Å². The zero-order valence-corrected chi connectivity index (χ0v) is 8.73. The van der Waals surface area contributed by atoms with E-state index in [0.717, 1.165) is 0 Å². The summed E-state index contributed by atoms with van der Waals surface area (Å²) in [6.45, 7) is 0.329. The molecule has 0 aromatic rings. The average molecular weight is 222 g/mol. The lowest BCUT2D eigenvalue weighted by Crippen LogP contribution is -2.49. The van der Waals surface area contributed by atoms with Gasteiger partial charge in [-0.1, -0.05) is 0 Å². The Morgan fingerprint density at radius 3 is 2.85 bits per heavy atom. The zero-order chi connectivity index (χ0) is 10.0. The molecule has 0 aromatic carbocycles. The van der Waals surface area contributed by atoms with Crippen LogP contribution in [0.15, 0.2) is 0 Å². The summed E-state index contributed by atoms with van der Waals surface area (Å²) in [4.78, 5) is 13.6. The molecule has 1 saturated heterocycles. The molecule has 1 aliphatic rings. The first-order valence-electron chi connectivity index (χ1n) is 3.58. The molecular weight excluding hydrogens is 212 g/mol. The lowest BCUT2D eigenvalue weighted by atomic mass is 10.6. The van der Waals surface area contributed by atoms with Gasteiger partial charge in [0.25, 0.3) is 0 Å². The minimum atomic E-state index is -1.24. The van der Waals surface area contributed by atoms with Crippen LogP contribution in [0.5, 0.6) is 0 Å². The van der Waals surface area contributed by atoms with Gasteiger partial charge in [-0.15, -0.1) is 0 Å². The summed E-state index contributed by atoms with van der Waals surface area (Å²) in [5, 5.41) is 8.51. The number of hydrogen-bond donors (Lipinski definition) is 1. The smallest absolute Gasteiger partial charge is 0.317 e. The van der Waals surface area contributed by atoms with Crippen LogP contribution >= 0.6 is 12.2 Å². The van der Waals surface area contributed by atoms with Crippen molar-refractivity contribution < 1.29 is 14.1 Å². The van der Waals surface area contributed by atoms with Crippen molar-refractivity contribution in [2.24, 2.45) is 0 Å². The Balaban J connectivity index is 2.58. The van der Waals surface area contributed by atoms with Crippen LogP contribution in [0.25, 0.3) is 0 Å². The van der Waals surface area contributed by atoms with Gasteiger partial charge in [0, 0.05) is 7.05 Å². The molecule has 0 aromatic heterocycles. The molecular formula is C6H10N2O3S2. The van der Waals surface area contributed by atoms with Crippen molar-refractivity contribution >= 4 is 33.3 Å². The van der Waals surface area contributed by atoms with E-state index in [1.165, 1.54) is 0 Å². The monoisotopic (exact) mass is 222 g/mol. The third-order valence-corrected chi connectivity index (χ3v) is 3.75. The van der Waals surface area contributed by atoms with Gasteiger partial charge in [0.05, 0.1) is 29.9 Å². The van der Waals surface area contributed by atoms with Crippen molar-refractivity contribution in [1.82, 2.24) is 9.80 Å². The standard InChI is InChI=1S/C6H10N2O3S2/c1-7-3-8(2-5(9)10)4-13(11)6(7)12/h2-4H2,1H3,(H,9,10). The van der Waals surface area contributed by atoms with Crippen LogP contribution in [-0.2, 0) is 15.6 Å². The number of nitrogens with zero attached hydrogens (tertiary/aromatic N) is 2. The first-order valence-corrected chi connectivity index (χ1v) is 5.31. The predicted octanol–water partition coefficient (Wildman–Crippen LogP) is -0.733. The third kappa shape index (κ3) is 2.71. The fourth-order valence-corrected chi connectivity index (χ4v) is 2.32. The SMILES string of the molecule is CN1CN(CC(=O)O)CS(=O)C1=S. The summed E-state index contributed by atoms with van der Waals surface area (Å²) >= 11 is 4.87. The molecule has 13 heavy (non-hydrogen) atoms. The van der Waals surface area contributed by atoms with E-state index in [1.54, 1.807) is 16.8 Å². The number of rotatable bonds is 2. The summed E-state index contributed by atoms with van der Waals surface area (Å²) < 4.78 is 11.7. The van der Waals surface area contributed by atoms with E-state index in [-0.39, 0.29) is 12.4 Å². The number of carbonyl (C=O) groups is 1. The summed E-state index contributed by atoms with van der Waals surface area (Å²) in [5.41, 5.74) is 0. The molecule has 0 saturated carbocycles. The fourth-order valence-electron chi connectivity index (χ4n) is 1.08. The number of carboxylic acid groups (broad SMARTS) is 1. The van der Waals surface area contributed by atoms with E-state index in [4.69, 9.17) is 17.3 Å². The van der Waals surface area contributed by atoms with E-state index < -0.39 is 16.8 Å². The van der Waals surface area contributed by atoms with Crippen LogP contribution in [0, 0.1) is 0 Å². The molecule has 1 rings (SSSR count). The maximum absolute atomic E-state index is 11.3. The zero-order valence-electron chi connectivity index (χ0n) is 7.10. The Bertz CT molecular complexity index is 269. The van der Waals surface area contributed by atoms with E-state index in [9.17, 15) is 9.00 Å². The molecule has 1 N–H and O–H groups in total. The van der Waals surface area contributed by atoms with E-state index in [2.05, 4.69) is 0 Å². The summed E-state index contributed by atoms with van der Waals surface area (Å²) in [7, 11) is 0.461. The Morgan fingerprint density at radius 2 is 2.38 bits per heavy atom. The normalized spacial score (nSPS) is 24.8. The molecule has 1 atom stereocenters. The second kappa shape index (κ2) is 4.12. The Labute approximate surface area is 83.8 Å². The molecule has 1 unspecified atom stereocenters. The molecule has 5 nitrogen and oxygen atoms in total. The van der Waals surface area contributed by atoms with Crippen molar-refractivity contribution in [3.63, 3.8) is 0 Å². The van der Waals surface area contributed by atoms with Crippen LogP contribution in [0.1, 0.15) is 0 Å². The quantitative estimate of drug-likeness (QED) is 0.621. The second-order valence-corrected chi connectivity index (χ2v) is 4.78. The minimum Gasteiger partial charge on any atom is -0.480 e. The van der Waals surface area contributed by atoms with Crippen LogP contribution in [0.2, 0.25) is 0 Å². The lowest BCUT2D eigenvalue weighted by molar-refractivity contribution is -0.138. The second-order valence-electron chi connectivity index (χ2n) is 2.80. The van der Waals surface area contributed by atoms with Gasteiger partial charge in [0.15, 0.2) is 4.32 Å². The van der Waals surface area contributed by atoms with Crippen molar-refractivity contribution in [3.8, 4) is 0 Å². The predicted molar refractivity (Wildman–Crippen MR) is 52.6 cm³/mol. The highest BCUT2D eigenvalue weighted by atomic mass is 32.2. The molecule has 0 aliphatic carbocycles. The lowest BCUT2D eigenvalue weighted by Gasteiger charge is -2.32. The van der Waals surface area contributed by atoms with Crippen LogP contribution in [0.3, 0.4) is 0 Å². The maximum atomic E-state index is 11.3. The molecule has 1 aliphatic heterocycles. The molecule has 0 radical (unpaired) electrons. The molecule has 0 amide bonds. The highest BCUT2D eigenvalue weighted by Gasteiger charge is 2.25. The van der Waals surface area contributed by atoms with Gasteiger partial charge in [-0.25, -0.2) is 0 Å². The Morgan fingerprint density at radius 1 is 1.77 bits per heavy atom. The summed E-state index contributed by atoms with van der Waals surface area (Å²) in [6.07, 6.45) is 0. The molecule has 0 bridgehead atoms.